The van der Waals surface area contributed by atoms with E-state index < -0.39 is 0 Å². The van der Waals surface area contributed by atoms with Gasteiger partial charge < -0.3 is 23.8 Å². The quantitative estimate of drug-likeness (QED) is 0.789. The molecule has 7 heteroatoms. The van der Waals surface area contributed by atoms with Crippen LogP contribution < -0.4 is 4.74 Å². The second-order valence-electron chi connectivity index (χ2n) is 6.27. The van der Waals surface area contributed by atoms with Gasteiger partial charge in [0.1, 0.15) is 19.0 Å². The maximum absolute atomic E-state index is 5.97. The fourth-order valence-corrected chi connectivity index (χ4v) is 2.97. The number of oxime groups is 1. The number of benzene rings is 1. The Kier molecular flexibility index (Phi) is 5.16. The van der Waals surface area contributed by atoms with Gasteiger partial charge in [-0.1, -0.05) is 11.2 Å². The van der Waals surface area contributed by atoms with E-state index in [0.29, 0.717) is 11.6 Å². The Bertz CT molecular complexity index is 841. The van der Waals surface area contributed by atoms with Gasteiger partial charge in [-0.25, -0.2) is 4.98 Å². The molecule has 1 fully saturated rings. The predicted octanol–water partition coefficient (Wildman–Crippen LogP) is 2.84. The first kappa shape index (κ1) is 17.8. The smallest absolute Gasteiger partial charge is 0.210 e. The SMILES string of the molecule is CO/N=C1/C(=C/c2ccc(-n3cnc(C)c3)c(OC)c2)O[C@H](C)CN1C. The number of ether oxygens (including phenoxy) is 2. The molecule has 0 N–H and O–H groups in total. The molecule has 1 aliphatic rings. The van der Waals surface area contributed by atoms with E-state index in [1.165, 1.54) is 7.11 Å². The average molecular weight is 356 g/mol. The van der Waals surface area contributed by atoms with Crippen molar-refractivity contribution in [2.24, 2.45) is 5.16 Å². The van der Waals surface area contributed by atoms with Crippen LogP contribution in [0.3, 0.4) is 0 Å². The summed E-state index contributed by atoms with van der Waals surface area (Å²) < 4.78 is 13.5. The van der Waals surface area contributed by atoms with Gasteiger partial charge in [-0.3, -0.25) is 0 Å². The lowest BCUT2D eigenvalue weighted by atomic mass is 10.1. The molecule has 0 aliphatic carbocycles. The van der Waals surface area contributed by atoms with Crippen LogP contribution in [0.1, 0.15) is 18.2 Å². The van der Waals surface area contributed by atoms with E-state index in [0.717, 1.165) is 29.2 Å². The molecule has 26 heavy (non-hydrogen) atoms. The highest BCUT2D eigenvalue weighted by Gasteiger charge is 2.25. The van der Waals surface area contributed by atoms with Crippen molar-refractivity contribution >= 4 is 11.9 Å². The van der Waals surface area contributed by atoms with Crippen molar-refractivity contribution in [3.63, 3.8) is 0 Å². The van der Waals surface area contributed by atoms with Crippen LogP contribution in [-0.4, -0.2) is 54.2 Å². The summed E-state index contributed by atoms with van der Waals surface area (Å²) >= 11 is 0. The molecule has 3 rings (SSSR count). The molecule has 138 valence electrons. The van der Waals surface area contributed by atoms with E-state index in [9.17, 15) is 0 Å². The Labute approximate surface area is 153 Å². The lowest BCUT2D eigenvalue weighted by Gasteiger charge is -2.32. The van der Waals surface area contributed by atoms with E-state index in [-0.39, 0.29) is 6.10 Å². The van der Waals surface area contributed by atoms with Gasteiger partial charge in [0, 0.05) is 13.2 Å². The maximum atomic E-state index is 5.97. The summed E-state index contributed by atoms with van der Waals surface area (Å²) in [5, 5.41) is 4.09. The fraction of sp³-hybridized carbons (Fsp3) is 0.368. The van der Waals surface area contributed by atoms with Crippen molar-refractivity contribution in [2.45, 2.75) is 20.0 Å². The van der Waals surface area contributed by atoms with Gasteiger partial charge in [0.05, 0.1) is 31.4 Å². The number of methoxy groups -OCH3 is 1. The van der Waals surface area contributed by atoms with E-state index in [1.807, 2.05) is 60.8 Å². The fourth-order valence-electron chi connectivity index (χ4n) is 2.97. The molecule has 0 radical (unpaired) electrons. The second-order valence-corrected chi connectivity index (χ2v) is 6.27. The van der Waals surface area contributed by atoms with Gasteiger partial charge in [-0.15, -0.1) is 0 Å². The minimum atomic E-state index is 0.0668. The molecular formula is C19H24N4O3. The standard InChI is InChI=1S/C19H24N4O3/c1-13-10-23(12-20-13)16-7-6-15(8-17(16)24-4)9-18-19(21-25-5)22(3)11-14(2)26-18/h6-10,12,14H,11H2,1-5H3/b18-9-,21-19-/t14-/m1/s1. The topological polar surface area (TPSA) is 61.1 Å². The predicted molar refractivity (Wildman–Crippen MR) is 100 cm³/mol. The molecule has 0 amide bonds. The monoisotopic (exact) mass is 356 g/mol. The lowest BCUT2D eigenvalue weighted by molar-refractivity contribution is 0.0957. The van der Waals surface area contributed by atoms with Gasteiger partial charge in [0.2, 0.25) is 5.84 Å². The average Bonchev–Trinajstić information content (AvgIpc) is 3.04. The zero-order valence-electron chi connectivity index (χ0n) is 15.8. The molecule has 1 atom stereocenters. The summed E-state index contributed by atoms with van der Waals surface area (Å²) in [4.78, 5) is 11.3. The minimum Gasteiger partial charge on any atom is -0.495 e. The van der Waals surface area contributed by atoms with Crippen LogP contribution in [-0.2, 0) is 9.57 Å². The number of aromatic nitrogens is 2. The van der Waals surface area contributed by atoms with E-state index in [4.69, 9.17) is 14.3 Å². The van der Waals surface area contributed by atoms with Crippen molar-refractivity contribution in [3.8, 4) is 11.4 Å². The third kappa shape index (κ3) is 3.66. The van der Waals surface area contributed by atoms with Crippen molar-refractivity contribution < 1.29 is 14.3 Å². The highest BCUT2D eigenvalue weighted by molar-refractivity contribution is 6.00. The molecule has 0 unspecified atom stereocenters. The number of hydrogen-bond donors (Lipinski definition) is 0. The first-order chi connectivity index (χ1) is 12.5. The van der Waals surface area contributed by atoms with Crippen molar-refractivity contribution in [2.75, 3.05) is 27.8 Å². The van der Waals surface area contributed by atoms with Crippen molar-refractivity contribution in [1.82, 2.24) is 14.5 Å². The van der Waals surface area contributed by atoms with E-state index in [2.05, 4.69) is 10.1 Å². The number of rotatable bonds is 4. The van der Waals surface area contributed by atoms with Crippen LogP contribution in [0.15, 0.2) is 41.6 Å². The van der Waals surface area contributed by atoms with Crippen LogP contribution >= 0.6 is 0 Å². The van der Waals surface area contributed by atoms with Gasteiger partial charge in [-0.05, 0) is 37.6 Å². The molecule has 7 nitrogen and oxygen atoms in total. The van der Waals surface area contributed by atoms with Crippen LogP contribution in [0.2, 0.25) is 0 Å². The lowest BCUT2D eigenvalue weighted by Crippen LogP contribution is -2.41. The molecule has 2 heterocycles. The first-order valence-corrected chi connectivity index (χ1v) is 8.42. The van der Waals surface area contributed by atoms with Gasteiger partial charge in [0.15, 0.2) is 5.76 Å². The van der Waals surface area contributed by atoms with Crippen LogP contribution in [0.4, 0.5) is 0 Å². The zero-order chi connectivity index (χ0) is 18.7. The van der Waals surface area contributed by atoms with Gasteiger partial charge >= 0.3 is 0 Å². The molecule has 1 aliphatic heterocycles. The van der Waals surface area contributed by atoms with Crippen LogP contribution in [0, 0.1) is 6.92 Å². The third-order valence-corrected chi connectivity index (χ3v) is 4.11. The number of likely N-dealkylation sites (N-methyl/N-ethyl adjacent to an activating group) is 1. The maximum Gasteiger partial charge on any atom is 0.210 e. The summed E-state index contributed by atoms with van der Waals surface area (Å²) in [6, 6.07) is 5.97. The molecular weight excluding hydrogens is 332 g/mol. The largest absolute Gasteiger partial charge is 0.495 e. The number of morpholine rings is 1. The summed E-state index contributed by atoms with van der Waals surface area (Å²) in [7, 11) is 5.15. The molecule has 1 saturated heterocycles. The van der Waals surface area contributed by atoms with Crippen molar-refractivity contribution in [3.05, 3.63) is 47.7 Å². The molecule has 0 bridgehead atoms. The highest BCUT2D eigenvalue weighted by Crippen LogP contribution is 2.27. The van der Waals surface area contributed by atoms with Crippen molar-refractivity contribution in [1.29, 1.82) is 0 Å². The first-order valence-electron chi connectivity index (χ1n) is 8.42. The molecule has 0 spiro atoms. The Morgan fingerprint density at radius 1 is 1.35 bits per heavy atom. The summed E-state index contributed by atoms with van der Waals surface area (Å²) in [5.74, 6) is 2.08. The Hall–Kier alpha value is -2.96. The number of nitrogens with zero attached hydrogens (tertiary/aromatic N) is 4. The van der Waals surface area contributed by atoms with Crippen LogP contribution in [0.5, 0.6) is 5.75 Å². The molecule has 0 saturated carbocycles. The molecule has 1 aromatic heterocycles. The number of hydrogen-bond acceptors (Lipinski definition) is 5. The summed E-state index contributed by atoms with van der Waals surface area (Å²) in [5.41, 5.74) is 2.83. The number of imidazole rings is 1. The third-order valence-electron chi connectivity index (χ3n) is 4.11. The second kappa shape index (κ2) is 7.51. The Morgan fingerprint density at radius 3 is 2.81 bits per heavy atom. The number of amidine groups is 1. The Morgan fingerprint density at radius 2 is 2.15 bits per heavy atom. The Balaban J connectivity index is 1.98. The van der Waals surface area contributed by atoms with E-state index >= 15 is 0 Å². The normalized spacial score (nSPS) is 20.3. The highest BCUT2D eigenvalue weighted by atomic mass is 16.6. The summed E-state index contributed by atoms with van der Waals surface area (Å²) in [6.07, 6.45) is 5.74. The van der Waals surface area contributed by atoms with E-state index in [1.54, 1.807) is 13.4 Å². The number of aryl methyl sites for hydroxylation is 1. The van der Waals surface area contributed by atoms with Gasteiger partial charge in [-0.2, -0.15) is 0 Å². The van der Waals surface area contributed by atoms with Gasteiger partial charge in [0.25, 0.3) is 0 Å². The minimum absolute atomic E-state index is 0.0668. The zero-order valence-corrected chi connectivity index (χ0v) is 15.8. The molecule has 2 aromatic rings. The van der Waals surface area contributed by atoms with Crippen LogP contribution in [0.25, 0.3) is 11.8 Å². The summed E-state index contributed by atoms with van der Waals surface area (Å²) in [6.45, 7) is 4.73. The molecule has 1 aromatic carbocycles.